The average Bonchev–Trinajstić information content (AvgIpc) is 2.12. The van der Waals surface area contributed by atoms with Gasteiger partial charge >= 0.3 is 5.97 Å². The van der Waals surface area contributed by atoms with E-state index in [1.807, 2.05) is 13.8 Å². The maximum Gasteiger partial charge on any atom is 0.304 e. The topological polar surface area (TPSA) is 57.5 Å². The highest BCUT2D eigenvalue weighted by Gasteiger charge is 2.21. The Kier molecular flexibility index (Phi) is 6.16. The molecule has 0 spiro atoms. The standard InChI is InChI=1S/C9H18O3S/c1-3-9(12,4-2)7-13-6-5-8(10)11/h12H,3-7H2,1-2H3,(H,10,11). The van der Waals surface area contributed by atoms with Gasteiger partial charge in [-0.2, -0.15) is 11.8 Å². The van der Waals surface area contributed by atoms with Gasteiger partial charge in [-0.3, -0.25) is 4.79 Å². The van der Waals surface area contributed by atoms with Crippen LogP contribution in [0.2, 0.25) is 0 Å². The van der Waals surface area contributed by atoms with Crippen molar-refractivity contribution in [3.63, 3.8) is 0 Å². The molecule has 0 atom stereocenters. The summed E-state index contributed by atoms with van der Waals surface area (Å²) in [6.45, 7) is 3.89. The third-order valence-corrected chi connectivity index (χ3v) is 3.38. The van der Waals surface area contributed by atoms with E-state index in [2.05, 4.69) is 0 Å². The Morgan fingerprint density at radius 2 is 1.92 bits per heavy atom. The molecule has 0 unspecified atom stereocenters. The molecule has 0 saturated heterocycles. The molecule has 0 aliphatic rings. The molecule has 0 rings (SSSR count). The fraction of sp³-hybridized carbons (Fsp3) is 0.889. The Bertz CT molecular complexity index is 155. The lowest BCUT2D eigenvalue weighted by atomic mass is 10.0. The summed E-state index contributed by atoms with van der Waals surface area (Å²) < 4.78 is 0. The molecule has 13 heavy (non-hydrogen) atoms. The van der Waals surface area contributed by atoms with Crippen molar-refractivity contribution < 1.29 is 15.0 Å². The van der Waals surface area contributed by atoms with Gasteiger partial charge in [0.15, 0.2) is 0 Å². The molecule has 0 aliphatic heterocycles. The van der Waals surface area contributed by atoms with Crippen LogP contribution in [0, 0.1) is 0 Å². The normalized spacial score (nSPS) is 11.6. The van der Waals surface area contributed by atoms with Gasteiger partial charge < -0.3 is 10.2 Å². The predicted octanol–water partition coefficient (Wildman–Crippen LogP) is 1.75. The minimum atomic E-state index is -0.774. The molecule has 4 heteroatoms. The van der Waals surface area contributed by atoms with Gasteiger partial charge in [-0.1, -0.05) is 13.8 Å². The Hall–Kier alpha value is -0.220. The quantitative estimate of drug-likeness (QED) is 0.623. The smallest absolute Gasteiger partial charge is 0.304 e. The van der Waals surface area contributed by atoms with Crippen LogP contribution in [0.5, 0.6) is 0 Å². The number of aliphatic hydroxyl groups is 1. The van der Waals surface area contributed by atoms with Gasteiger partial charge in [-0.25, -0.2) is 0 Å². The fourth-order valence-corrected chi connectivity index (χ4v) is 2.13. The zero-order valence-electron chi connectivity index (χ0n) is 8.25. The van der Waals surface area contributed by atoms with E-state index in [0.29, 0.717) is 11.5 Å². The van der Waals surface area contributed by atoms with Gasteiger partial charge in [0.1, 0.15) is 0 Å². The maximum absolute atomic E-state index is 10.2. The van der Waals surface area contributed by atoms with E-state index in [9.17, 15) is 9.90 Å². The summed E-state index contributed by atoms with van der Waals surface area (Å²) in [5.41, 5.74) is -0.608. The summed E-state index contributed by atoms with van der Waals surface area (Å²) >= 11 is 1.51. The van der Waals surface area contributed by atoms with E-state index in [0.717, 1.165) is 12.8 Å². The van der Waals surface area contributed by atoms with Crippen LogP contribution in [0.25, 0.3) is 0 Å². The molecular weight excluding hydrogens is 188 g/mol. The number of rotatable bonds is 7. The monoisotopic (exact) mass is 206 g/mol. The molecule has 0 heterocycles. The van der Waals surface area contributed by atoms with Crippen LogP contribution in [-0.4, -0.2) is 33.3 Å². The van der Waals surface area contributed by atoms with Gasteiger partial charge in [-0.15, -0.1) is 0 Å². The zero-order chi connectivity index (χ0) is 10.3. The lowest BCUT2D eigenvalue weighted by molar-refractivity contribution is -0.136. The second-order valence-corrected chi connectivity index (χ2v) is 4.23. The molecular formula is C9H18O3S. The highest BCUT2D eigenvalue weighted by molar-refractivity contribution is 7.99. The van der Waals surface area contributed by atoms with Crippen molar-refractivity contribution in [2.75, 3.05) is 11.5 Å². The molecule has 78 valence electrons. The number of thioether (sulfide) groups is 1. The van der Waals surface area contributed by atoms with Crippen molar-refractivity contribution in [3.8, 4) is 0 Å². The largest absolute Gasteiger partial charge is 0.481 e. The van der Waals surface area contributed by atoms with Gasteiger partial charge in [0, 0.05) is 11.5 Å². The summed E-state index contributed by atoms with van der Waals surface area (Å²) in [7, 11) is 0. The molecule has 0 aromatic heterocycles. The maximum atomic E-state index is 10.2. The van der Waals surface area contributed by atoms with Crippen LogP contribution < -0.4 is 0 Å². The summed E-state index contributed by atoms with van der Waals surface area (Å²) in [6, 6.07) is 0. The van der Waals surface area contributed by atoms with Crippen LogP contribution in [0.1, 0.15) is 33.1 Å². The second-order valence-electron chi connectivity index (χ2n) is 3.13. The number of carbonyl (C=O) groups is 1. The van der Waals surface area contributed by atoms with Crippen molar-refractivity contribution in [3.05, 3.63) is 0 Å². The van der Waals surface area contributed by atoms with Crippen molar-refractivity contribution in [2.24, 2.45) is 0 Å². The molecule has 2 N–H and O–H groups in total. The molecule has 0 saturated carbocycles. The molecule has 0 aromatic carbocycles. The first-order valence-electron chi connectivity index (χ1n) is 4.56. The van der Waals surface area contributed by atoms with Crippen molar-refractivity contribution in [2.45, 2.75) is 38.7 Å². The lowest BCUT2D eigenvalue weighted by Gasteiger charge is -2.24. The van der Waals surface area contributed by atoms with Gasteiger partial charge in [0.05, 0.1) is 12.0 Å². The van der Waals surface area contributed by atoms with Crippen LogP contribution >= 0.6 is 11.8 Å². The predicted molar refractivity (Wildman–Crippen MR) is 55.1 cm³/mol. The van der Waals surface area contributed by atoms with E-state index in [1.165, 1.54) is 11.8 Å². The van der Waals surface area contributed by atoms with E-state index in [-0.39, 0.29) is 6.42 Å². The first-order valence-corrected chi connectivity index (χ1v) is 5.71. The Morgan fingerprint density at radius 1 is 1.38 bits per heavy atom. The van der Waals surface area contributed by atoms with Crippen LogP contribution in [0.15, 0.2) is 0 Å². The molecule has 0 aromatic rings. The number of hydrogen-bond acceptors (Lipinski definition) is 3. The zero-order valence-corrected chi connectivity index (χ0v) is 9.06. The number of carboxylic acids is 1. The minimum Gasteiger partial charge on any atom is -0.481 e. The highest BCUT2D eigenvalue weighted by Crippen LogP contribution is 2.20. The summed E-state index contributed by atoms with van der Waals surface area (Å²) in [6.07, 6.45) is 1.63. The molecule has 0 bridgehead atoms. The van der Waals surface area contributed by atoms with Crippen LogP contribution in [-0.2, 0) is 4.79 Å². The van der Waals surface area contributed by atoms with Crippen molar-refractivity contribution >= 4 is 17.7 Å². The van der Waals surface area contributed by atoms with Gasteiger partial charge in [0.25, 0.3) is 0 Å². The number of carboxylic acid groups (broad SMARTS) is 1. The van der Waals surface area contributed by atoms with Gasteiger partial charge in [-0.05, 0) is 12.8 Å². The molecule has 0 aliphatic carbocycles. The summed E-state index contributed by atoms with van der Waals surface area (Å²) in [4.78, 5) is 10.2. The number of aliphatic carboxylic acids is 1. The Morgan fingerprint density at radius 3 is 2.31 bits per heavy atom. The number of hydrogen-bond donors (Lipinski definition) is 2. The molecule has 0 amide bonds. The minimum absolute atomic E-state index is 0.175. The van der Waals surface area contributed by atoms with Crippen molar-refractivity contribution in [1.82, 2.24) is 0 Å². The fourth-order valence-electron chi connectivity index (χ4n) is 0.876. The Balaban J connectivity index is 3.55. The third-order valence-electron chi connectivity index (χ3n) is 2.15. The summed E-state index contributed by atoms with van der Waals surface area (Å²) in [5.74, 6) is 0.439. The highest BCUT2D eigenvalue weighted by atomic mass is 32.2. The first kappa shape index (κ1) is 12.8. The molecule has 0 radical (unpaired) electrons. The van der Waals surface area contributed by atoms with Gasteiger partial charge in [0.2, 0.25) is 0 Å². The van der Waals surface area contributed by atoms with E-state index >= 15 is 0 Å². The van der Waals surface area contributed by atoms with Crippen molar-refractivity contribution in [1.29, 1.82) is 0 Å². The lowest BCUT2D eigenvalue weighted by Crippen LogP contribution is -2.29. The Labute approximate surface area is 83.5 Å². The SMILES string of the molecule is CCC(O)(CC)CSCCC(=O)O. The second kappa shape index (κ2) is 6.27. The van der Waals surface area contributed by atoms with Crippen LogP contribution in [0.3, 0.4) is 0 Å². The molecule has 3 nitrogen and oxygen atoms in total. The first-order chi connectivity index (χ1) is 6.04. The van der Waals surface area contributed by atoms with E-state index in [4.69, 9.17) is 5.11 Å². The van der Waals surface area contributed by atoms with E-state index < -0.39 is 11.6 Å². The average molecular weight is 206 g/mol. The van der Waals surface area contributed by atoms with Crippen LogP contribution in [0.4, 0.5) is 0 Å². The molecule has 0 fully saturated rings. The summed E-state index contributed by atoms with van der Waals surface area (Å²) in [5, 5.41) is 18.2. The third kappa shape index (κ3) is 5.93. The van der Waals surface area contributed by atoms with E-state index in [1.54, 1.807) is 0 Å².